The summed E-state index contributed by atoms with van der Waals surface area (Å²) < 4.78 is 27.0. The molecule has 2 aromatic rings. The minimum Gasteiger partial charge on any atom is -0.386 e. The van der Waals surface area contributed by atoms with Gasteiger partial charge in [-0.05, 0) is 24.3 Å². The van der Waals surface area contributed by atoms with E-state index < -0.39 is 35.1 Å². The maximum Gasteiger partial charge on any atom is 0.251 e. The lowest BCUT2D eigenvalue weighted by molar-refractivity contribution is -0.120. The van der Waals surface area contributed by atoms with Crippen LogP contribution in [0.1, 0.15) is 22.0 Å². The summed E-state index contributed by atoms with van der Waals surface area (Å²) >= 11 is 0. The summed E-state index contributed by atoms with van der Waals surface area (Å²) in [4.78, 5) is 23.4. The van der Waals surface area contributed by atoms with Crippen molar-refractivity contribution in [2.75, 3.05) is 13.1 Å². The molecule has 0 heterocycles. The topological polar surface area (TPSA) is 78.4 Å². The first-order valence-corrected chi connectivity index (χ1v) is 7.21. The van der Waals surface area contributed by atoms with Crippen LogP contribution in [0.4, 0.5) is 8.78 Å². The number of aliphatic hydroxyl groups excluding tert-OH is 1. The van der Waals surface area contributed by atoms with E-state index in [9.17, 15) is 23.5 Å². The fourth-order valence-corrected chi connectivity index (χ4v) is 2.06. The summed E-state index contributed by atoms with van der Waals surface area (Å²) in [6, 6.07) is 11.5. The molecule has 0 aliphatic rings. The standard InChI is InChI=1S/C17H16F2N2O3/c18-12-7-4-8-13(19)16(12)14(22)9-20-15(23)10-21-17(24)11-5-2-1-3-6-11/h1-8,14,22H,9-10H2,(H,20,23)(H,21,24). The second kappa shape index (κ2) is 8.16. The lowest BCUT2D eigenvalue weighted by Crippen LogP contribution is -2.38. The van der Waals surface area contributed by atoms with Crippen LogP contribution >= 0.6 is 0 Å². The van der Waals surface area contributed by atoms with Crippen LogP contribution in [0.5, 0.6) is 0 Å². The minimum atomic E-state index is -1.53. The lowest BCUT2D eigenvalue weighted by Gasteiger charge is -2.14. The van der Waals surface area contributed by atoms with E-state index in [4.69, 9.17) is 0 Å². The van der Waals surface area contributed by atoms with Crippen LogP contribution in [0.2, 0.25) is 0 Å². The van der Waals surface area contributed by atoms with Gasteiger partial charge in [0.2, 0.25) is 5.91 Å². The van der Waals surface area contributed by atoms with Crippen LogP contribution in [-0.2, 0) is 4.79 Å². The molecule has 3 N–H and O–H groups in total. The molecule has 1 unspecified atom stereocenters. The van der Waals surface area contributed by atoms with E-state index in [1.165, 1.54) is 6.07 Å². The Morgan fingerprint density at radius 1 is 0.958 bits per heavy atom. The zero-order valence-corrected chi connectivity index (χ0v) is 12.6. The molecule has 126 valence electrons. The van der Waals surface area contributed by atoms with Gasteiger partial charge < -0.3 is 15.7 Å². The van der Waals surface area contributed by atoms with Gasteiger partial charge in [-0.15, -0.1) is 0 Å². The lowest BCUT2D eigenvalue weighted by atomic mass is 10.1. The van der Waals surface area contributed by atoms with Crippen molar-refractivity contribution < 1.29 is 23.5 Å². The molecule has 7 heteroatoms. The average Bonchev–Trinajstić information content (AvgIpc) is 2.58. The molecule has 0 fully saturated rings. The Morgan fingerprint density at radius 3 is 2.21 bits per heavy atom. The van der Waals surface area contributed by atoms with E-state index in [0.717, 1.165) is 12.1 Å². The normalized spacial score (nSPS) is 11.6. The summed E-state index contributed by atoms with van der Waals surface area (Å²) in [5, 5.41) is 14.5. The van der Waals surface area contributed by atoms with Gasteiger partial charge in [0, 0.05) is 12.1 Å². The van der Waals surface area contributed by atoms with Gasteiger partial charge >= 0.3 is 0 Å². The van der Waals surface area contributed by atoms with Gasteiger partial charge in [-0.2, -0.15) is 0 Å². The quantitative estimate of drug-likeness (QED) is 0.750. The average molecular weight is 334 g/mol. The molecule has 5 nitrogen and oxygen atoms in total. The molecule has 2 amide bonds. The Balaban J connectivity index is 1.82. The SMILES string of the molecule is O=C(CNC(=O)c1ccccc1)NCC(O)c1c(F)cccc1F. The summed E-state index contributed by atoms with van der Waals surface area (Å²) in [5.41, 5.74) is -0.107. The number of aliphatic hydroxyl groups is 1. The number of carbonyl (C=O) groups excluding carboxylic acids is 2. The minimum absolute atomic E-state index is 0.319. The first kappa shape index (κ1) is 17.6. The maximum absolute atomic E-state index is 13.5. The number of amides is 2. The fraction of sp³-hybridized carbons (Fsp3) is 0.176. The van der Waals surface area contributed by atoms with E-state index in [1.807, 2.05) is 0 Å². The Hall–Kier alpha value is -2.80. The molecular weight excluding hydrogens is 318 g/mol. The molecular formula is C17H16F2N2O3. The van der Waals surface area contributed by atoms with Gasteiger partial charge in [0.25, 0.3) is 5.91 Å². The molecule has 0 saturated carbocycles. The number of nitrogens with one attached hydrogen (secondary N) is 2. The third-order valence-electron chi connectivity index (χ3n) is 3.27. The highest BCUT2D eigenvalue weighted by atomic mass is 19.1. The van der Waals surface area contributed by atoms with Gasteiger partial charge in [0.15, 0.2) is 0 Å². The number of benzene rings is 2. The molecule has 2 aromatic carbocycles. The molecule has 0 spiro atoms. The van der Waals surface area contributed by atoms with Crippen molar-refractivity contribution in [3.63, 3.8) is 0 Å². The van der Waals surface area contributed by atoms with Crippen LogP contribution in [-0.4, -0.2) is 30.0 Å². The highest BCUT2D eigenvalue weighted by Gasteiger charge is 2.18. The van der Waals surface area contributed by atoms with Gasteiger partial charge in [-0.1, -0.05) is 24.3 Å². The Morgan fingerprint density at radius 2 is 1.58 bits per heavy atom. The summed E-state index contributed by atoms with van der Waals surface area (Å²) in [6.45, 7) is -0.696. The Kier molecular flexibility index (Phi) is 5.97. The monoisotopic (exact) mass is 334 g/mol. The predicted molar refractivity (Wildman–Crippen MR) is 83.1 cm³/mol. The summed E-state index contributed by atoms with van der Waals surface area (Å²) in [7, 11) is 0. The van der Waals surface area contributed by atoms with Gasteiger partial charge in [0.05, 0.1) is 12.1 Å². The van der Waals surface area contributed by atoms with Crippen LogP contribution in [0, 0.1) is 11.6 Å². The number of hydrogen-bond acceptors (Lipinski definition) is 3. The highest BCUT2D eigenvalue weighted by Crippen LogP contribution is 2.19. The second-order valence-electron chi connectivity index (χ2n) is 5.00. The van der Waals surface area contributed by atoms with Crippen LogP contribution in [0.3, 0.4) is 0 Å². The van der Waals surface area contributed by atoms with E-state index in [2.05, 4.69) is 10.6 Å². The highest BCUT2D eigenvalue weighted by molar-refractivity contribution is 5.96. The maximum atomic E-state index is 13.5. The van der Waals surface area contributed by atoms with Crippen LogP contribution in [0.15, 0.2) is 48.5 Å². The molecule has 0 radical (unpaired) electrons. The zero-order chi connectivity index (χ0) is 17.5. The van der Waals surface area contributed by atoms with Gasteiger partial charge in [-0.3, -0.25) is 9.59 Å². The molecule has 0 aliphatic carbocycles. The largest absolute Gasteiger partial charge is 0.386 e. The Bertz CT molecular complexity index is 703. The number of rotatable bonds is 6. The first-order valence-electron chi connectivity index (χ1n) is 7.21. The molecule has 0 aliphatic heterocycles. The number of halogens is 2. The first-order chi connectivity index (χ1) is 11.5. The zero-order valence-electron chi connectivity index (χ0n) is 12.6. The van der Waals surface area contributed by atoms with Crippen molar-refractivity contribution in [2.24, 2.45) is 0 Å². The van der Waals surface area contributed by atoms with Crippen molar-refractivity contribution in [1.29, 1.82) is 0 Å². The molecule has 24 heavy (non-hydrogen) atoms. The van der Waals surface area contributed by atoms with E-state index in [-0.39, 0.29) is 13.1 Å². The van der Waals surface area contributed by atoms with Crippen molar-refractivity contribution in [2.45, 2.75) is 6.10 Å². The van der Waals surface area contributed by atoms with E-state index >= 15 is 0 Å². The van der Waals surface area contributed by atoms with Crippen molar-refractivity contribution in [3.05, 3.63) is 71.3 Å². The van der Waals surface area contributed by atoms with E-state index in [0.29, 0.717) is 5.56 Å². The number of hydrogen-bond donors (Lipinski definition) is 3. The summed E-state index contributed by atoms with van der Waals surface area (Å²) in [6.07, 6.45) is -1.53. The molecule has 1 atom stereocenters. The number of carbonyl (C=O) groups is 2. The molecule has 0 aromatic heterocycles. The van der Waals surface area contributed by atoms with Crippen LogP contribution in [0.25, 0.3) is 0 Å². The van der Waals surface area contributed by atoms with Gasteiger partial charge in [-0.25, -0.2) is 8.78 Å². The fourth-order valence-electron chi connectivity index (χ4n) is 2.06. The third-order valence-corrected chi connectivity index (χ3v) is 3.27. The molecule has 0 bridgehead atoms. The van der Waals surface area contributed by atoms with E-state index in [1.54, 1.807) is 30.3 Å². The van der Waals surface area contributed by atoms with Crippen molar-refractivity contribution >= 4 is 11.8 Å². The predicted octanol–water partition coefficient (Wildman–Crippen LogP) is 1.54. The van der Waals surface area contributed by atoms with Crippen molar-refractivity contribution in [3.8, 4) is 0 Å². The van der Waals surface area contributed by atoms with Crippen LogP contribution < -0.4 is 10.6 Å². The smallest absolute Gasteiger partial charge is 0.251 e. The third kappa shape index (κ3) is 4.60. The Labute approximate surface area is 137 Å². The second-order valence-corrected chi connectivity index (χ2v) is 5.00. The van der Waals surface area contributed by atoms with Crippen molar-refractivity contribution in [1.82, 2.24) is 10.6 Å². The summed E-state index contributed by atoms with van der Waals surface area (Å²) in [5.74, 6) is -2.80. The van der Waals surface area contributed by atoms with Gasteiger partial charge in [0.1, 0.15) is 17.7 Å². The molecule has 0 saturated heterocycles. The molecule has 2 rings (SSSR count).